The molecule has 152 valence electrons. The SMILES string of the molecule is CCNC(=NCC(O)c1cccc(OC(C)C)c1)NCCOc1ccccc1. The van der Waals surface area contributed by atoms with Gasteiger partial charge in [-0.05, 0) is 50.6 Å². The summed E-state index contributed by atoms with van der Waals surface area (Å²) in [6.45, 7) is 8.06. The second-order valence-corrected chi connectivity index (χ2v) is 6.56. The maximum Gasteiger partial charge on any atom is 0.191 e. The Hall–Kier alpha value is -2.73. The summed E-state index contributed by atoms with van der Waals surface area (Å²) >= 11 is 0. The molecule has 0 aromatic heterocycles. The van der Waals surface area contributed by atoms with Gasteiger partial charge in [-0.2, -0.15) is 0 Å². The van der Waals surface area contributed by atoms with E-state index in [9.17, 15) is 5.11 Å². The van der Waals surface area contributed by atoms with Crippen LogP contribution in [0, 0.1) is 0 Å². The largest absolute Gasteiger partial charge is 0.492 e. The molecule has 1 atom stereocenters. The van der Waals surface area contributed by atoms with Crippen molar-refractivity contribution in [3.8, 4) is 11.5 Å². The van der Waals surface area contributed by atoms with E-state index in [1.54, 1.807) is 0 Å². The van der Waals surface area contributed by atoms with Crippen LogP contribution in [-0.4, -0.2) is 43.4 Å². The topological polar surface area (TPSA) is 75.1 Å². The minimum absolute atomic E-state index is 0.0908. The van der Waals surface area contributed by atoms with Gasteiger partial charge in [0.15, 0.2) is 5.96 Å². The summed E-state index contributed by atoms with van der Waals surface area (Å²) in [7, 11) is 0. The molecule has 0 aliphatic heterocycles. The van der Waals surface area contributed by atoms with Gasteiger partial charge in [0.25, 0.3) is 0 Å². The van der Waals surface area contributed by atoms with Gasteiger partial charge in [-0.3, -0.25) is 4.99 Å². The summed E-state index contributed by atoms with van der Waals surface area (Å²) in [6, 6.07) is 17.2. The lowest BCUT2D eigenvalue weighted by Gasteiger charge is -2.15. The summed E-state index contributed by atoms with van der Waals surface area (Å²) in [5, 5.41) is 16.9. The number of aliphatic hydroxyl groups excluding tert-OH is 1. The van der Waals surface area contributed by atoms with Gasteiger partial charge in [0.1, 0.15) is 18.1 Å². The molecule has 6 heteroatoms. The molecule has 0 spiro atoms. The first-order valence-corrected chi connectivity index (χ1v) is 9.73. The van der Waals surface area contributed by atoms with Crippen molar-refractivity contribution in [3.05, 3.63) is 60.2 Å². The van der Waals surface area contributed by atoms with E-state index in [0.29, 0.717) is 19.1 Å². The summed E-state index contributed by atoms with van der Waals surface area (Å²) in [5.41, 5.74) is 0.783. The van der Waals surface area contributed by atoms with Crippen LogP contribution in [0.4, 0.5) is 0 Å². The molecule has 0 fully saturated rings. The first kappa shape index (κ1) is 21.6. The Morgan fingerprint density at radius 3 is 2.50 bits per heavy atom. The lowest BCUT2D eigenvalue weighted by molar-refractivity contribution is 0.185. The molecule has 1 unspecified atom stereocenters. The lowest BCUT2D eigenvalue weighted by Crippen LogP contribution is -2.39. The Morgan fingerprint density at radius 2 is 1.79 bits per heavy atom. The van der Waals surface area contributed by atoms with Gasteiger partial charge < -0.3 is 25.2 Å². The van der Waals surface area contributed by atoms with Crippen molar-refractivity contribution in [2.75, 3.05) is 26.2 Å². The van der Waals surface area contributed by atoms with Crippen LogP contribution in [-0.2, 0) is 0 Å². The molecular weight excluding hydrogens is 354 g/mol. The molecule has 0 aliphatic carbocycles. The summed E-state index contributed by atoms with van der Waals surface area (Å²) in [5.74, 6) is 2.23. The Balaban J connectivity index is 1.85. The van der Waals surface area contributed by atoms with Gasteiger partial charge in [0, 0.05) is 6.54 Å². The number of nitrogens with zero attached hydrogens (tertiary/aromatic N) is 1. The van der Waals surface area contributed by atoms with Crippen LogP contribution in [0.5, 0.6) is 11.5 Å². The molecule has 0 saturated heterocycles. The molecule has 6 nitrogen and oxygen atoms in total. The van der Waals surface area contributed by atoms with E-state index < -0.39 is 6.10 Å². The van der Waals surface area contributed by atoms with Crippen LogP contribution in [0.25, 0.3) is 0 Å². The maximum atomic E-state index is 10.5. The molecule has 3 N–H and O–H groups in total. The third-order valence-electron chi connectivity index (χ3n) is 3.79. The predicted octanol–water partition coefficient (Wildman–Crippen LogP) is 3.14. The predicted molar refractivity (Wildman–Crippen MR) is 113 cm³/mol. The van der Waals surface area contributed by atoms with Crippen molar-refractivity contribution in [2.45, 2.75) is 33.0 Å². The van der Waals surface area contributed by atoms with Gasteiger partial charge in [-0.1, -0.05) is 30.3 Å². The van der Waals surface area contributed by atoms with E-state index in [1.165, 1.54) is 0 Å². The highest BCUT2D eigenvalue weighted by molar-refractivity contribution is 5.79. The molecule has 28 heavy (non-hydrogen) atoms. The normalized spacial score (nSPS) is 12.5. The fourth-order valence-electron chi connectivity index (χ4n) is 2.55. The number of para-hydroxylation sites is 1. The number of guanidine groups is 1. The summed E-state index contributed by atoms with van der Waals surface area (Å²) in [6.07, 6.45) is -0.611. The van der Waals surface area contributed by atoms with Crippen LogP contribution in [0.15, 0.2) is 59.6 Å². The molecule has 2 aromatic carbocycles. The van der Waals surface area contributed by atoms with Gasteiger partial charge in [-0.15, -0.1) is 0 Å². The van der Waals surface area contributed by atoms with Crippen molar-refractivity contribution in [2.24, 2.45) is 4.99 Å². The number of rotatable bonds is 10. The first-order valence-electron chi connectivity index (χ1n) is 9.73. The molecule has 0 aliphatic rings. The Labute approximate surface area is 167 Å². The number of hydrogen-bond donors (Lipinski definition) is 3. The number of aliphatic hydroxyl groups is 1. The molecule has 0 radical (unpaired) electrons. The van der Waals surface area contributed by atoms with Crippen molar-refractivity contribution < 1.29 is 14.6 Å². The van der Waals surface area contributed by atoms with Gasteiger partial charge in [0.05, 0.1) is 25.3 Å². The zero-order valence-electron chi connectivity index (χ0n) is 16.9. The fourth-order valence-corrected chi connectivity index (χ4v) is 2.55. The Morgan fingerprint density at radius 1 is 1.04 bits per heavy atom. The highest BCUT2D eigenvalue weighted by Crippen LogP contribution is 2.20. The quantitative estimate of drug-likeness (QED) is 0.333. The average Bonchev–Trinajstić information content (AvgIpc) is 2.69. The van der Waals surface area contributed by atoms with Crippen LogP contribution < -0.4 is 20.1 Å². The maximum absolute atomic E-state index is 10.5. The molecule has 0 bridgehead atoms. The third kappa shape index (κ3) is 7.88. The van der Waals surface area contributed by atoms with E-state index in [4.69, 9.17) is 9.47 Å². The standard InChI is InChI=1S/C22H31N3O3/c1-4-23-22(24-13-14-27-19-10-6-5-7-11-19)25-16-21(26)18-9-8-12-20(15-18)28-17(2)3/h5-12,15,17,21,26H,4,13-14,16H2,1-3H3,(H2,23,24,25). The number of ether oxygens (including phenoxy) is 2. The number of benzene rings is 2. The summed E-state index contributed by atoms with van der Waals surface area (Å²) < 4.78 is 11.4. The van der Waals surface area contributed by atoms with Crippen LogP contribution in [0.2, 0.25) is 0 Å². The van der Waals surface area contributed by atoms with Gasteiger partial charge >= 0.3 is 0 Å². The fraction of sp³-hybridized carbons (Fsp3) is 0.409. The second kappa shape index (κ2) is 11.9. The zero-order chi connectivity index (χ0) is 20.2. The first-order chi connectivity index (χ1) is 13.6. The lowest BCUT2D eigenvalue weighted by atomic mass is 10.1. The highest BCUT2D eigenvalue weighted by atomic mass is 16.5. The summed E-state index contributed by atoms with van der Waals surface area (Å²) in [4.78, 5) is 4.47. The van der Waals surface area contributed by atoms with E-state index in [1.807, 2.05) is 75.4 Å². The second-order valence-electron chi connectivity index (χ2n) is 6.56. The molecule has 2 aromatic rings. The van der Waals surface area contributed by atoms with E-state index in [-0.39, 0.29) is 12.6 Å². The van der Waals surface area contributed by atoms with Crippen LogP contribution >= 0.6 is 0 Å². The van der Waals surface area contributed by atoms with Crippen molar-refractivity contribution >= 4 is 5.96 Å². The van der Waals surface area contributed by atoms with Crippen LogP contribution in [0.3, 0.4) is 0 Å². The third-order valence-corrected chi connectivity index (χ3v) is 3.79. The van der Waals surface area contributed by atoms with E-state index in [2.05, 4.69) is 15.6 Å². The zero-order valence-corrected chi connectivity index (χ0v) is 16.9. The van der Waals surface area contributed by atoms with Crippen molar-refractivity contribution in [3.63, 3.8) is 0 Å². The van der Waals surface area contributed by atoms with Crippen molar-refractivity contribution in [1.82, 2.24) is 10.6 Å². The monoisotopic (exact) mass is 385 g/mol. The number of nitrogens with one attached hydrogen (secondary N) is 2. The van der Waals surface area contributed by atoms with E-state index in [0.717, 1.165) is 23.6 Å². The molecular formula is C22H31N3O3. The molecule has 0 heterocycles. The van der Waals surface area contributed by atoms with Gasteiger partial charge in [0.2, 0.25) is 0 Å². The number of hydrogen-bond acceptors (Lipinski definition) is 4. The minimum Gasteiger partial charge on any atom is -0.492 e. The molecule has 0 amide bonds. The Kier molecular flexibility index (Phi) is 9.15. The molecule has 2 rings (SSSR count). The van der Waals surface area contributed by atoms with Crippen LogP contribution in [0.1, 0.15) is 32.4 Å². The average molecular weight is 386 g/mol. The Bertz CT molecular complexity index is 720. The van der Waals surface area contributed by atoms with Gasteiger partial charge in [-0.25, -0.2) is 0 Å². The highest BCUT2D eigenvalue weighted by Gasteiger charge is 2.09. The number of aliphatic imine (C=N–C) groups is 1. The molecule has 0 saturated carbocycles. The smallest absolute Gasteiger partial charge is 0.191 e. The van der Waals surface area contributed by atoms with Crippen molar-refractivity contribution in [1.29, 1.82) is 0 Å². The minimum atomic E-state index is -0.702. The van der Waals surface area contributed by atoms with E-state index >= 15 is 0 Å².